The fourth-order valence-electron chi connectivity index (χ4n) is 3.05. The van der Waals surface area contributed by atoms with E-state index in [1.807, 2.05) is 0 Å². The summed E-state index contributed by atoms with van der Waals surface area (Å²) in [5.41, 5.74) is 1.14. The van der Waals surface area contributed by atoms with Gasteiger partial charge in [-0.05, 0) is 42.3 Å². The summed E-state index contributed by atoms with van der Waals surface area (Å²) in [6.45, 7) is 0.599. The first kappa shape index (κ1) is 17.9. The molecule has 1 aromatic carbocycles. The summed E-state index contributed by atoms with van der Waals surface area (Å²) in [6.07, 6.45) is 7.15. The smallest absolute Gasteiger partial charge is 0.258 e. The van der Waals surface area contributed by atoms with Gasteiger partial charge in [-0.25, -0.2) is 9.37 Å². The summed E-state index contributed by atoms with van der Waals surface area (Å²) in [6, 6.07) is 5.89. The Bertz CT molecular complexity index is 1120. The number of hydrogen-bond donors (Lipinski definition) is 0. The minimum atomic E-state index is -1.26. The van der Waals surface area contributed by atoms with Crippen molar-refractivity contribution in [2.45, 2.75) is 17.9 Å². The molecular formula is C20H19FN2O3S. The molecule has 4 rings (SSSR count). The van der Waals surface area contributed by atoms with Crippen molar-refractivity contribution in [3.63, 3.8) is 0 Å². The van der Waals surface area contributed by atoms with Crippen molar-refractivity contribution < 1.29 is 13.3 Å². The van der Waals surface area contributed by atoms with Crippen LogP contribution in [0.5, 0.6) is 5.75 Å². The van der Waals surface area contributed by atoms with Crippen LogP contribution in [0.1, 0.15) is 12.8 Å². The molecule has 0 N–H and O–H groups in total. The molecular weight excluding hydrogens is 367 g/mol. The number of aromatic nitrogens is 2. The lowest BCUT2D eigenvalue weighted by Crippen LogP contribution is -2.17. The molecule has 1 aliphatic carbocycles. The van der Waals surface area contributed by atoms with Gasteiger partial charge in [0.15, 0.2) is 0 Å². The van der Waals surface area contributed by atoms with Gasteiger partial charge < -0.3 is 9.30 Å². The molecule has 1 aliphatic rings. The molecule has 0 bridgehead atoms. The minimum absolute atomic E-state index is 0.276. The number of rotatable bonds is 5. The van der Waals surface area contributed by atoms with Gasteiger partial charge in [0, 0.05) is 30.6 Å². The quantitative estimate of drug-likeness (QED) is 0.675. The van der Waals surface area contributed by atoms with Gasteiger partial charge in [-0.2, -0.15) is 0 Å². The number of benzene rings is 1. The summed E-state index contributed by atoms with van der Waals surface area (Å²) in [7, 11) is 0.362. The standard InChI is InChI=1S/C20H19FN2O3S/c1-23-10-17(14-6-5-13(21)7-16(14)20(23)24)15-8-19(27(2)25)22-9-18(15)26-11-12-3-4-12/h5-10,12H,3-4,11H2,1-2H3. The molecule has 1 atom stereocenters. The van der Waals surface area contributed by atoms with Crippen molar-refractivity contribution in [1.82, 2.24) is 9.55 Å². The molecule has 0 amide bonds. The van der Waals surface area contributed by atoms with Crippen molar-refractivity contribution in [2.24, 2.45) is 13.0 Å². The number of halogens is 1. The Hall–Kier alpha value is -2.54. The Kier molecular flexibility index (Phi) is 4.55. The van der Waals surface area contributed by atoms with Crippen LogP contribution in [0.4, 0.5) is 4.39 Å². The molecule has 5 nitrogen and oxygen atoms in total. The van der Waals surface area contributed by atoms with E-state index in [9.17, 15) is 13.4 Å². The molecule has 1 saturated carbocycles. The van der Waals surface area contributed by atoms with E-state index in [0.29, 0.717) is 45.2 Å². The van der Waals surface area contributed by atoms with Crippen LogP contribution >= 0.6 is 0 Å². The molecule has 2 heterocycles. The second-order valence-electron chi connectivity index (χ2n) is 6.88. The summed E-state index contributed by atoms with van der Waals surface area (Å²) >= 11 is 0. The third-order valence-corrected chi connectivity index (χ3v) is 5.56. The Morgan fingerprint density at radius 1 is 1.26 bits per heavy atom. The molecule has 7 heteroatoms. The van der Waals surface area contributed by atoms with Crippen molar-refractivity contribution in [3.8, 4) is 16.9 Å². The molecule has 27 heavy (non-hydrogen) atoms. The SMILES string of the molecule is Cn1cc(-c2cc(S(C)=O)ncc2OCC2CC2)c2ccc(F)cc2c1=O. The maximum atomic E-state index is 13.7. The first-order valence-corrected chi connectivity index (χ1v) is 10.3. The summed E-state index contributed by atoms with van der Waals surface area (Å²) in [5, 5.41) is 1.34. The molecule has 140 valence electrons. The Balaban J connectivity index is 1.95. The number of pyridine rings is 2. The zero-order chi connectivity index (χ0) is 19.1. The van der Waals surface area contributed by atoms with E-state index >= 15 is 0 Å². The monoisotopic (exact) mass is 386 g/mol. The lowest BCUT2D eigenvalue weighted by atomic mass is 10.0. The van der Waals surface area contributed by atoms with Gasteiger partial charge in [-0.1, -0.05) is 6.07 Å². The van der Waals surface area contributed by atoms with Crippen LogP contribution in [0.3, 0.4) is 0 Å². The van der Waals surface area contributed by atoms with Gasteiger partial charge in [0.05, 0.1) is 29.0 Å². The molecule has 0 radical (unpaired) electrons. The number of nitrogens with zero attached hydrogens (tertiary/aromatic N) is 2. The second-order valence-corrected chi connectivity index (χ2v) is 8.20. The highest BCUT2D eigenvalue weighted by Gasteiger charge is 2.23. The maximum absolute atomic E-state index is 13.7. The van der Waals surface area contributed by atoms with E-state index in [1.54, 1.807) is 37.8 Å². The number of aryl methyl sites for hydroxylation is 1. The van der Waals surface area contributed by atoms with Gasteiger partial charge in [-0.15, -0.1) is 0 Å². The normalized spacial score (nSPS) is 15.1. The average Bonchev–Trinajstić information content (AvgIpc) is 3.47. The predicted octanol–water partition coefficient (Wildman–Crippen LogP) is 3.27. The van der Waals surface area contributed by atoms with E-state index in [1.165, 1.54) is 16.7 Å². The summed E-state index contributed by atoms with van der Waals surface area (Å²) in [5.74, 6) is 0.663. The van der Waals surface area contributed by atoms with Crippen molar-refractivity contribution in [2.75, 3.05) is 12.9 Å². The zero-order valence-corrected chi connectivity index (χ0v) is 15.9. The maximum Gasteiger partial charge on any atom is 0.258 e. The van der Waals surface area contributed by atoms with E-state index < -0.39 is 16.6 Å². The minimum Gasteiger partial charge on any atom is -0.491 e. The van der Waals surface area contributed by atoms with Gasteiger partial charge in [0.25, 0.3) is 5.56 Å². The van der Waals surface area contributed by atoms with Crippen LogP contribution in [-0.2, 0) is 17.8 Å². The average molecular weight is 386 g/mol. The Morgan fingerprint density at radius 3 is 2.74 bits per heavy atom. The molecule has 3 aromatic rings. The van der Waals surface area contributed by atoms with Crippen molar-refractivity contribution in [1.29, 1.82) is 0 Å². The molecule has 1 fully saturated rings. The molecule has 1 unspecified atom stereocenters. The lowest BCUT2D eigenvalue weighted by molar-refractivity contribution is 0.299. The fourth-order valence-corrected chi connectivity index (χ4v) is 3.54. The highest BCUT2D eigenvalue weighted by Crippen LogP contribution is 2.36. The fraction of sp³-hybridized carbons (Fsp3) is 0.300. The van der Waals surface area contributed by atoms with Crippen molar-refractivity contribution in [3.05, 3.63) is 52.8 Å². The topological polar surface area (TPSA) is 61.2 Å². The molecule has 2 aromatic heterocycles. The Morgan fingerprint density at radius 2 is 2.04 bits per heavy atom. The van der Waals surface area contributed by atoms with Gasteiger partial charge in [-0.3, -0.25) is 9.00 Å². The van der Waals surface area contributed by atoms with Crippen LogP contribution in [0.2, 0.25) is 0 Å². The first-order chi connectivity index (χ1) is 12.9. The third kappa shape index (κ3) is 3.51. The highest BCUT2D eigenvalue weighted by molar-refractivity contribution is 7.84. The molecule has 0 aliphatic heterocycles. The highest BCUT2D eigenvalue weighted by atomic mass is 32.2. The molecule has 0 saturated heterocycles. The number of fused-ring (bicyclic) bond motifs is 1. The van der Waals surface area contributed by atoms with E-state index in [0.717, 1.165) is 12.8 Å². The van der Waals surface area contributed by atoms with E-state index in [2.05, 4.69) is 4.98 Å². The lowest BCUT2D eigenvalue weighted by Gasteiger charge is -2.15. The summed E-state index contributed by atoms with van der Waals surface area (Å²) < 4.78 is 33.1. The summed E-state index contributed by atoms with van der Waals surface area (Å²) in [4.78, 5) is 16.7. The Labute approximate surface area is 158 Å². The molecule has 0 spiro atoms. The van der Waals surface area contributed by atoms with E-state index in [4.69, 9.17) is 4.74 Å². The number of hydrogen-bond acceptors (Lipinski definition) is 4. The zero-order valence-electron chi connectivity index (χ0n) is 15.1. The van der Waals surface area contributed by atoms with Gasteiger partial charge in [0.1, 0.15) is 16.6 Å². The van der Waals surface area contributed by atoms with Gasteiger partial charge in [0.2, 0.25) is 0 Å². The first-order valence-electron chi connectivity index (χ1n) is 8.69. The van der Waals surface area contributed by atoms with Crippen molar-refractivity contribution >= 4 is 21.6 Å². The second kappa shape index (κ2) is 6.88. The predicted molar refractivity (Wildman–Crippen MR) is 103 cm³/mol. The largest absolute Gasteiger partial charge is 0.491 e. The van der Waals surface area contributed by atoms with Crippen LogP contribution in [-0.4, -0.2) is 26.6 Å². The van der Waals surface area contributed by atoms with Crippen LogP contribution in [0.25, 0.3) is 21.9 Å². The number of ether oxygens (including phenoxy) is 1. The van der Waals surface area contributed by atoms with E-state index in [-0.39, 0.29) is 5.56 Å². The third-order valence-electron chi connectivity index (χ3n) is 4.74. The van der Waals surface area contributed by atoms with Crippen LogP contribution < -0.4 is 10.3 Å². The van der Waals surface area contributed by atoms with Crippen LogP contribution in [0, 0.1) is 11.7 Å². The van der Waals surface area contributed by atoms with Crippen LogP contribution in [0.15, 0.2) is 46.5 Å². The van der Waals surface area contributed by atoms with Gasteiger partial charge >= 0.3 is 0 Å².